The van der Waals surface area contributed by atoms with Gasteiger partial charge in [-0.2, -0.15) is 0 Å². The summed E-state index contributed by atoms with van der Waals surface area (Å²) in [4.78, 5) is 5.31. The highest BCUT2D eigenvalue weighted by Crippen LogP contribution is 2.17. The van der Waals surface area contributed by atoms with Gasteiger partial charge in [-0.3, -0.25) is 4.99 Å². The minimum atomic E-state index is -3.14. The highest BCUT2D eigenvalue weighted by Gasteiger charge is 2.08. The molecule has 0 amide bonds. The van der Waals surface area contributed by atoms with E-state index >= 15 is 0 Å². The molecule has 0 saturated heterocycles. The van der Waals surface area contributed by atoms with Gasteiger partial charge in [0.25, 0.3) is 0 Å². The molecule has 0 spiro atoms. The van der Waals surface area contributed by atoms with Crippen LogP contribution in [-0.2, 0) is 10.0 Å². The molecular formula is C11H20N4O2S2. The van der Waals surface area contributed by atoms with Gasteiger partial charge in [-0.25, -0.2) is 13.1 Å². The van der Waals surface area contributed by atoms with Crippen molar-refractivity contribution in [1.29, 1.82) is 0 Å². The van der Waals surface area contributed by atoms with E-state index in [1.165, 1.54) is 4.88 Å². The van der Waals surface area contributed by atoms with E-state index in [2.05, 4.69) is 26.4 Å². The molecule has 0 aliphatic heterocycles. The van der Waals surface area contributed by atoms with E-state index in [4.69, 9.17) is 0 Å². The zero-order valence-electron chi connectivity index (χ0n) is 11.3. The van der Waals surface area contributed by atoms with Crippen LogP contribution in [0, 0.1) is 0 Å². The third-order valence-electron chi connectivity index (χ3n) is 2.33. The lowest BCUT2D eigenvalue weighted by molar-refractivity contribution is 0.586. The van der Waals surface area contributed by atoms with Crippen molar-refractivity contribution in [2.75, 3.05) is 26.4 Å². The van der Waals surface area contributed by atoms with Crippen LogP contribution in [-0.4, -0.2) is 40.8 Å². The van der Waals surface area contributed by atoms with E-state index in [9.17, 15) is 8.42 Å². The van der Waals surface area contributed by atoms with E-state index in [0.29, 0.717) is 19.0 Å². The Labute approximate surface area is 118 Å². The summed E-state index contributed by atoms with van der Waals surface area (Å²) in [6.07, 6.45) is 1.14. The van der Waals surface area contributed by atoms with Gasteiger partial charge < -0.3 is 10.6 Å². The fraction of sp³-hybridized carbons (Fsp3) is 0.545. The Morgan fingerprint density at radius 2 is 2.21 bits per heavy atom. The highest BCUT2D eigenvalue weighted by atomic mass is 32.2. The third kappa shape index (κ3) is 6.55. The second-order valence-electron chi connectivity index (χ2n) is 4.05. The molecule has 0 aromatic carbocycles. The summed E-state index contributed by atoms with van der Waals surface area (Å²) in [6, 6.07) is 4.22. The number of hydrogen-bond acceptors (Lipinski definition) is 4. The quantitative estimate of drug-likeness (QED) is 0.406. The summed E-state index contributed by atoms with van der Waals surface area (Å²) < 4.78 is 24.2. The maximum absolute atomic E-state index is 10.9. The number of rotatable bonds is 6. The molecule has 6 nitrogen and oxygen atoms in total. The summed E-state index contributed by atoms with van der Waals surface area (Å²) in [5.74, 6) is 0.649. The first-order valence-electron chi connectivity index (χ1n) is 5.87. The van der Waals surface area contributed by atoms with E-state index in [1.807, 2.05) is 18.4 Å². The summed E-state index contributed by atoms with van der Waals surface area (Å²) >= 11 is 1.68. The molecule has 0 bridgehead atoms. The summed E-state index contributed by atoms with van der Waals surface area (Å²) in [5, 5.41) is 8.32. The Morgan fingerprint density at radius 3 is 2.74 bits per heavy atom. The van der Waals surface area contributed by atoms with Gasteiger partial charge in [0.2, 0.25) is 10.0 Å². The lowest BCUT2D eigenvalue weighted by Gasteiger charge is -2.16. The highest BCUT2D eigenvalue weighted by molar-refractivity contribution is 7.88. The molecule has 1 rings (SSSR count). The number of aliphatic imine (C=N–C) groups is 1. The van der Waals surface area contributed by atoms with Gasteiger partial charge in [0, 0.05) is 25.0 Å². The van der Waals surface area contributed by atoms with Crippen LogP contribution in [0.3, 0.4) is 0 Å². The Hall–Kier alpha value is -1.12. The van der Waals surface area contributed by atoms with Crippen LogP contribution in [0.2, 0.25) is 0 Å². The zero-order chi connectivity index (χ0) is 14.3. The van der Waals surface area contributed by atoms with Crippen molar-refractivity contribution in [3.05, 3.63) is 22.4 Å². The van der Waals surface area contributed by atoms with Crippen LogP contribution < -0.4 is 15.4 Å². The normalized spacial score (nSPS) is 14.2. The van der Waals surface area contributed by atoms with Crippen LogP contribution in [0.15, 0.2) is 22.5 Å². The van der Waals surface area contributed by atoms with E-state index in [1.54, 1.807) is 18.4 Å². The third-order valence-corrected chi connectivity index (χ3v) is 4.11. The molecule has 1 aromatic rings. The van der Waals surface area contributed by atoms with Crippen LogP contribution in [0.1, 0.15) is 17.8 Å². The maximum atomic E-state index is 10.9. The Balaban J connectivity index is 2.35. The molecule has 1 aromatic heterocycles. The number of sulfonamides is 1. The lowest BCUT2D eigenvalue weighted by atomic mass is 10.3. The molecule has 1 unspecified atom stereocenters. The van der Waals surface area contributed by atoms with E-state index in [-0.39, 0.29) is 6.04 Å². The maximum Gasteiger partial charge on any atom is 0.208 e. The fourth-order valence-corrected chi connectivity index (χ4v) is 2.63. The largest absolute Gasteiger partial charge is 0.355 e. The van der Waals surface area contributed by atoms with Gasteiger partial charge in [-0.15, -0.1) is 11.3 Å². The first kappa shape index (κ1) is 15.9. The van der Waals surface area contributed by atoms with Crippen LogP contribution in [0.5, 0.6) is 0 Å². The van der Waals surface area contributed by atoms with Gasteiger partial charge in [-0.1, -0.05) is 6.07 Å². The lowest BCUT2D eigenvalue weighted by Crippen LogP contribution is -2.42. The second kappa shape index (κ2) is 7.46. The Kier molecular flexibility index (Phi) is 6.26. The van der Waals surface area contributed by atoms with Crippen molar-refractivity contribution in [1.82, 2.24) is 15.4 Å². The second-order valence-corrected chi connectivity index (χ2v) is 6.86. The summed E-state index contributed by atoms with van der Waals surface area (Å²) in [5.41, 5.74) is 0. The number of thiophene rings is 1. The van der Waals surface area contributed by atoms with Crippen LogP contribution in [0.25, 0.3) is 0 Å². The van der Waals surface area contributed by atoms with Gasteiger partial charge in [0.05, 0.1) is 12.3 Å². The van der Waals surface area contributed by atoms with Crippen molar-refractivity contribution in [2.24, 2.45) is 4.99 Å². The number of nitrogens with zero attached hydrogens (tertiary/aromatic N) is 1. The molecule has 1 atom stereocenters. The van der Waals surface area contributed by atoms with E-state index < -0.39 is 10.0 Å². The molecular weight excluding hydrogens is 284 g/mol. The molecule has 0 radical (unpaired) electrons. The van der Waals surface area contributed by atoms with Gasteiger partial charge >= 0.3 is 0 Å². The van der Waals surface area contributed by atoms with Gasteiger partial charge in [-0.05, 0) is 18.4 Å². The molecule has 108 valence electrons. The first-order chi connectivity index (χ1) is 8.92. The van der Waals surface area contributed by atoms with Gasteiger partial charge in [0.1, 0.15) is 0 Å². The predicted molar refractivity (Wildman–Crippen MR) is 80.1 cm³/mol. The van der Waals surface area contributed by atoms with Crippen molar-refractivity contribution < 1.29 is 8.42 Å². The number of nitrogens with one attached hydrogen (secondary N) is 3. The smallest absolute Gasteiger partial charge is 0.208 e. The van der Waals surface area contributed by atoms with Crippen LogP contribution >= 0.6 is 11.3 Å². The number of hydrogen-bond donors (Lipinski definition) is 3. The average Bonchev–Trinajstić information content (AvgIpc) is 2.85. The minimum absolute atomic E-state index is 0.161. The predicted octanol–water partition coefficient (Wildman–Crippen LogP) is 0.523. The van der Waals surface area contributed by atoms with Crippen molar-refractivity contribution in [3.8, 4) is 0 Å². The summed E-state index contributed by atoms with van der Waals surface area (Å²) in [6.45, 7) is 2.85. The van der Waals surface area contributed by atoms with Gasteiger partial charge in [0.15, 0.2) is 5.96 Å². The fourth-order valence-electron chi connectivity index (χ4n) is 1.43. The molecule has 3 N–H and O–H groups in total. The SMILES string of the molecule is CN=C(NCCNS(C)(=O)=O)NC(C)c1cccs1. The monoisotopic (exact) mass is 304 g/mol. The van der Waals surface area contributed by atoms with Crippen molar-refractivity contribution >= 4 is 27.3 Å². The molecule has 19 heavy (non-hydrogen) atoms. The zero-order valence-corrected chi connectivity index (χ0v) is 12.9. The van der Waals surface area contributed by atoms with Crippen molar-refractivity contribution in [3.63, 3.8) is 0 Å². The first-order valence-corrected chi connectivity index (χ1v) is 8.64. The molecule has 0 fully saturated rings. The molecule has 0 aliphatic carbocycles. The minimum Gasteiger partial charge on any atom is -0.355 e. The Bertz CT molecular complexity index is 497. The molecule has 8 heteroatoms. The Morgan fingerprint density at radius 1 is 1.47 bits per heavy atom. The summed E-state index contributed by atoms with van der Waals surface area (Å²) in [7, 11) is -1.45. The average molecular weight is 304 g/mol. The van der Waals surface area contributed by atoms with Crippen LogP contribution in [0.4, 0.5) is 0 Å². The molecule has 0 saturated carbocycles. The molecule has 0 aliphatic rings. The van der Waals surface area contributed by atoms with Crippen molar-refractivity contribution in [2.45, 2.75) is 13.0 Å². The topological polar surface area (TPSA) is 82.6 Å². The van der Waals surface area contributed by atoms with E-state index in [0.717, 1.165) is 6.26 Å². The standard InChI is InChI=1S/C11H20N4O2S2/c1-9(10-5-4-8-18-10)15-11(12-2)13-6-7-14-19(3,16)17/h4-5,8-9,14H,6-7H2,1-3H3,(H2,12,13,15). The number of guanidine groups is 1. The molecule has 1 heterocycles.